The van der Waals surface area contributed by atoms with Crippen molar-refractivity contribution in [2.45, 2.75) is 6.54 Å². The van der Waals surface area contributed by atoms with Crippen LogP contribution in [0.5, 0.6) is 0 Å². The monoisotopic (exact) mass is 259 g/mol. The molecule has 0 aromatic carbocycles. The maximum Gasteiger partial charge on any atom is 0.276 e. The first kappa shape index (κ1) is 11.0. The topological polar surface area (TPSA) is 90.7 Å². The van der Waals surface area contributed by atoms with Gasteiger partial charge in [-0.1, -0.05) is 11.2 Å². The Bertz CT molecular complexity index is 632. The molecule has 0 aliphatic carbocycles. The van der Waals surface area contributed by atoms with Gasteiger partial charge in [0, 0.05) is 18.1 Å². The second-order valence-corrected chi connectivity index (χ2v) is 4.27. The van der Waals surface area contributed by atoms with Crippen LogP contribution in [0.2, 0.25) is 0 Å². The molecule has 0 aliphatic rings. The van der Waals surface area contributed by atoms with Gasteiger partial charge in [-0.2, -0.15) is 4.98 Å². The first-order valence-electron chi connectivity index (χ1n) is 5.24. The van der Waals surface area contributed by atoms with Gasteiger partial charge in [-0.05, 0) is 11.6 Å². The summed E-state index contributed by atoms with van der Waals surface area (Å²) in [7, 11) is 0. The Morgan fingerprint density at radius 3 is 2.83 bits per heavy atom. The van der Waals surface area contributed by atoms with Crippen molar-refractivity contribution in [3.63, 3.8) is 0 Å². The largest absolute Gasteiger partial charge is 0.332 e. The molecule has 18 heavy (non-hydrogen) atoms. The van der Waals surface area contributed by atoms with Gasteiger partial charge in [-0.25, -0.2) is 4.98 Å². The Morgan fingerprint density at radius 2 is 2.17 bits per heavy atom. The molecule has 0 saturated heterocycles. The molecular formula is C11H9N5OS. The van der Waals surface area contributed by atoms with E-state index >= 15 is 0 Å². The van der Waals surface area contributed by atoms with E-state index in [1.54, 1.807) is 17.8 Å². The third-order valence-electron chi connectivity index (χ3n) is 2.37. The summed E-state index contributed by atoms with van der Waals surface area (Å²) in [6.45, 7) is 0.460. The Hall–Kier alpha value is -2.12. The Labute approximate surface area is 107 Å². The summed E-state index contributed by atoms with van der Waals surface area (Å²) in [4.78, 5) is 12.6. The van der Waals surface area contributed by atoms with E-state index in [1.165, 1.54) is 11.3 Å². The number of hydrogen-bond acceptors (Lipinski definition) is 7. The molecule has 0 amide bonds. The van der Waals surface area contributed by atoms with Crippen LogP contribution in [0, 0.1) is 0 Å². The van der Waals surface area contributed by atoms with Gasteiger partial charge in [0.25, 0.3) is 5.89 Å². The van der Waals surface area contributed by atoms with Crippen molar-refractivity contribution in [1.82, 2.24) is 20.1 Å². The van der Waals surface area contributed by atoms with Crippen LogP contribution in [0.15, 0.2) is 33.7 Å². The molecule has 6 nitrogen and oxygen atoms in total. The van der Waals surface area contributed by atoms with Gasteiger partial charge in [0.05, 0.1) is 5.51 Å². The highest BCUT2D eigenvalue weighted by atomic mass is 32.1. The quantitative estimate of drug-likeness (QED) is 0.770. The van der Waals surface area contributed by atoms with Crippen LogP contribution in [0.1, 0.15) is 5.56 Å². The minimum absolute atomic E-state index is 0.376. The van der Waals surface area contributed by atoms with Gasteiger partial charge in [0.1, 0.15) is 11.4 Å². The molecule has 3 heterocycles. The lowest BCUT2D eigenvalue weighted by Gasteiger charge is -1.96. The van der Waals surface area contributed by atoms with Crippen LogP contribution < -0.4 is 5.73 Å². The molecule has 0 spiro atoms. The second-order valence-electron chi connectivity index (χ2n) is 3.55. The molecule has 0 bridgehead atoms. The lowest BCUT2D eigenvalue weighted by atomic mass is 10.2. The van der Waals surface area contributed by atoms with Gasteiger partial charge in [0.2, 0.25) is 5.82 Å². The van der Waals surface area contributed by atoms with E-state index in [4.69, 9.17) is 10.3 Å². The van der Waals surface area contributed by atoms with Crippen molar-refractivity contribution in [1.29, 1.82) is 0 Å². The SMILES string of the molecule is NCc1ccc(-c2nc(-c3cscn3)no2)nc1. The third kappa shape index (κ3) is 2.01. The average molecular weight is 259 g/mol. The fourth-order valence-corrected chi connectivity index (χ4v) is 1.96. The lowest BCUT2D eigenvalue weighted by Crippen LogP contribution is -1.96. The maximum atomic E-state index is 5.51. The standard InChI is InChI=1S/C11H9N5OS/c12-3-7-1-2-8(13-4-7)11-15-10(16-17-11)9-5-18-6-14-9/h1-2,4-6H,3,12H2. The zero-order valence-corrected chi connectivity index (χ0v) is 10.1. The van der Waals surface area contributed by atoms with Crippen LogP contribution in [-0.4, -0.2) is 20.1 Å². The summed E-state index contributed by atoms with van der Waals surface area (Å²) >= 11 is 1.48. The van der Waals surface area contributed by atoms with Gasteiger partial charge >= 0.3 is 0 Å². The van der Waals surface area contributed by atoms with Crippen molar-refractivity contribution >= 4 is 11.3 Å². The molecule has 0 fully saturated rings. The second kappa shape index (κ2) is 4.63. The molecule has 3 aromatic rings. The summed E-state index contributed by atoms with van der Waals surface area (Å²) in [5, 5.41) is 5.73. The van der Waals surface area contributed by atoms with E-state index in [0.29, 0.717) is 29.6 Å². The maximum absolute atomic E-state index is 5.51. The van der Waals surface area contributed by atoms with E-state index in [0.717, 1.165) is 5.56 Å². The predicted octanol–water partition coefficient (Wildman–Crippen LogP) is 1.71. The van der Waals surface area contributed by atoms with Crippen molar-refractivity contribution in [2.75, 3.05) is 0 Å². The van der Waals surface area contributed by atoms with Crippen LogP contribution >= 0.6 is 11.3 Å². The van der Waals surface area contributed by atoms with Crippen LogP contribution in [0.25, 0.3) is 23.1 Å². The summed E-state index contributed by atoms with van der Waals surface area (Å²) in [6, 6.07) is 3.69. The van der Waals surface area contributed by atoms with Crippen LogP contribution in [0.3, 0.4) is 0 Å². The van der Waals surface area contributed by atoms with Crippen molar-refractivity contribution in [3.8, 4) is 23.1 Å². The van der Waals surface area contributed by atoms with Gasteiger partial charge < -0.3 is 10.3 Å². The Kier molecular flexibility index (Phi) is 2.83. The minimum atomic E-state index is 0.376. The normalized spacial score (nSPS) is 10.7. The lowest BCUT2D eigenvalue weighted by molar-refractivity contribution is 0.431. The number of rotatable bonds is 3. The number of pyridine rings is 1. The van der Waals surface area contributed by atoms with Gasteiger partial charge in [-0.3, -0.25) is 4.98 Å². The molecule has 90 valence electrons. The van der Waals surface area contributed by atoms with E-state index in [9.17, 15) is 0 Å². The van der Waals surface area contributed by atoms with E-state index in [-0.39, 0.29) is 0 Å². The zero-order valence-electron chi connectivity index (χ0n) is 9.28. The number of nitrogens with zero attached hydrogens (tertiary/aromatic N) is 4. The average Bonchev–Trinajstić information content (AvgIpc) is 3.09. The Morgan fingerprint density at radius 1 is 1.22 bits per heavy atom. The van der Waals surface area contributed by atoms with Gasteiger partial charge in [0.15, 0.2) is 0 Å². The molecule has 0 unspecified atom stereocenters. The van der Waals surface area contributed by atoms with Crippen LogP contribution in [0.4, 0.5) is 0 Å². The highest BCUT2D eigenvalue weighted by molar-refractivity contribution is 7.07. The minimum Gasteiger partial charge on any atom is -0.332 e. The number of thiazole rings is 1. The number of hydrogen-bond donors (Lipinski definition) is 1. The highest BCUT2D eigenvalue weighted by Crippen LogP contribution is 2.20. The third-order valence-corrected chi connectivity index (χ3v) is 2.95. The van der Waals surface area contributed by atoms with Crippen molar-refractivity contribution in [3.05, 3.63) is 34.8 Å². The first-order chi connectivity index (χ1) is 8.86. The Balaban J connectivity index is 1.92. The van der Waals surface area contributed by atoms with E-state index in [2.05, 4.69) is 20.1 Å². The van der Waals surface area contributed by atoms with E-state index < -0.39 is 0 Å². The fourth-order valence-electron chi connectivity index (χ4n) is 1.43. The molecule has 3 aromatic heterocycles. The summed E-state index contributed by atoms with van der Waals surface area (Å²) in [6.07, 6.45) is 1.70. The van der Waals surface area contributed by atoms with E-state index in [1.807, 2.05) is 11.4 Å². The first-order valence-corrected chi connectivity index (χ1v) is 6.19. The number of aromatic nitrogens is 4. The van der Waals surface area contributed by atoms with Gasteiger partial charge in [-0.15, -0.1) is 11.3 Å². The molecule has 0 radical (unpaired) electrons. The highest BCUT2D eigenvalue weighted by Gasteiger charge is 2.12. The molecule has 2 N–H and O–H groups in total. The smallest absolute Gasteiger partial charge is 0.276 e. The molecular weight excluding hydrogens is 250 g/mol. The zero-order chi connectivity index (χ0) is 12.4. The fraction of sp³-hybridized carbons (Fsp3) is 0.0909. The summed E-state index contributed by atoms with van der Waals surface area (Å²) < 4.78 is 5.16. The summed E-state index contributed by atoms with van der Waals surface area (Å²) in [5.41, 5.74) is 9.52. The molecule has 0 saturated carbocycles. The van der Waals surface area contributed by atoms with Crippen LogP contribution in [-0.2, 0) is 6.54 Å². The van der Waals surface area contributed by atoms with Crippen molar-refractivity contribution < 1.29 is 4.52 Å². The molecule has 0 atom stereocenters. The summed E-state index contributed by atoms with van der Waals surface area (Å²) in [5.74, 6) is 0.845. The van der Waals surface area contributed by atoms with Crippen molar-refractivity contribution in [2.24, 2.45) is 5.73 Å². The molecule has 0 aliphatic heterocycles. The number of nitrogens with two attached hydrogens (primary N) is 1. The molecule has 3 rings (SSSR count). The predicted molar refractivity (Wildman–Crippen MR) is 66.5 cm³/mol. The molecule has 7 heteroatoms.